The minimum atomic E-state index is -0.613. The third-order valence-electron chi connectivity index (χ3n) is 4.26. The highest BCUT2D eigenvalue weighted by Gasteiger charge is 2.25. The van der Waals surface area contributed by atoms with Crippen molar-refractivity contribution in [3.8, 4) is 0 Å². The van der Waals surface area contributed by atoms with Gasteiger partial charge in [-0.05, 0) is 44.0 Å². The quantitative estimate of drug-likeness (QED) is 0.828. The number of hydrogen-bond donors (Lipinski definition) is 1. The second-order valence-electron chi connectivity index (χ2n) is 6.38. The standard InChI is InChI=1S/C21H25FN2O2/c1-4-23-21(26)16(3)24(14-18-9-11-19(22)12-10-18)20(25)13-17-7-5-15(2)6-8-17/h5-12,16H,4,13-14H2,1-3H3,(H,23,26)/t16-/m0/s1. The Bertz CT molecular complexity index is 742. The second kappa shape index (κ2) is 9.13. The molecule has 2 aromatic carbocycles. The smallest absolute Gasteiger partial charge is 0.242 e. The number of nitrogens with one attached hydrogen (secondary N) is 1. The van der Waals surface area contributed by atoms with E-state index in [4.69, 9.17) is 0 Å². The van der Waals surface area contributed by atoms with Gasteiger partial charge in [0.15, 0.2) is 0 Å². The molecule has 1 N–H and O–H groups in total. The molecule has 0 radical (unpaired) electrons. The van der Waals surface area contributed by atoms with Gasteiger partial charge in [0.2, 0.25) is 11.8 Å². The van der Waals surface area contributed by atoms with Crippen LogP contribution in [-0.2, 0) is 22.6 Å². The Morgan fingerprint density at radius 1 is 1.04 bits per heavy atom. The molecule has 2 amide bonds. The summed E-state index contributed by atoms with van der Waals surface area (Å²) < 4.78 is 13.1. The maximum Gasteiger partial charge on any atom is 0.242 e. The maximum absolute atomic E-state index is 13.1. The molecule has 2 aromatic rings. The molecule has 0 saturated carbocycles. The van der Waals surface area contributed by atoms with E-state index in [0.29, 0.717) is 6.54 Å². The molecule has 2 rings (SSSR count). The summed E-state index contributed by atoms with van der Waals surface area (Å²) in [7, 11) is 0. The first kappa shape index (κ1) is 19.6. The van der Waals surface area contributed by atoms with E-state index in [1.54, 1.807) is 19.1 Å². The molecule has 1 atom stereocenters. The lowest BCUT2D eigenvalue weighted by Gasteiger charge is -2.29. The van der Waals surface area contributed by atoms with Crippen LogP contribution in [0.3, 0.4) is 0 Å². The normalized spacial score (nSPS) is 11.7. The molecule has 0 aliphatic carbocycles. The van der Waals surface area contributed by atoms with Crippen LogP contribution < -0.4 is 5.32 Å². The highest BCUT2D eigenvalue weighted by molar-refractivity contribution is 5.88. The van der Waals surface area contributed by atoms with E-state index in [-0.39, 0.29) is 30.6 Å². The molecule has 0 unspecified atom stereocenters. The molecule has 4 nitrogen and oxygen atoms in total. The molecule has 0 bridgehead atoms. The zero-order valence-corrected chi connectivity index (χ0v) is 15.5. The molecule has 0 fully saturated rings. The first-order valence-electron chi connectivity index (χ1n) is 8.78. The summed E-state index contributed by atoms with van der Waals surface area (Å²) in [6.45, 7) is 6.29. The summed E-state index contributed by atoms with van der Waals surface area (Å²) in [5.74, 6) is -0.674. The molecule has 0 aliphatic rings. The monoisotopic (exact) mass is 356 g/mol. The number of amides is 2. The van der Waals surface area contributed by atoms with Crippen LogP contribution in [0.1, 0.15) is 30.5 Å². The van der Waals surface area contributed by atoms with Gasteiger partial charge in [-0.25, -0.2) is 4.39 Å². The van der Waals surface area contributed by atoms with Crippen LogP contribution in [0.25, 0.3) is 0 Å². The van der Waals surface area contributed by atoms with Gasteiger partial charge in [0, 0.05) is 13.1 Å². The number of aryl methyl sites for hydroxylation is 1. The molecular weight excluding hydrogens is 331 g/mol. The largest absolute Gasteiger partial charge is 0.355 e. The molecular formula is C21H25FN2O2. The van der Waals surface area contributed by atoms with E-state index in [2.05, 4.69) is 5.32 Å². The van der Waals surface area contributed by atoms with E-state index in [0.717, 1.165) is 16.7 Å². The topological polar surface area (TPSA) is 49.4 Å². The van der Waals surface area contributed by atoms with Gasteiger partial charge in [-0.15, -0.1) is 0 Å². The van der Waals surface area contributed by atoms with E-state index in [1.807, 2.05) is 38.1 Å². The van der Waals surface area contributed by atoms with Gasteiger partial charge < -0.3 is 10.2 Å². The summed E-state index contributed by atoms with van der Waals surface area (Å²) in [4.78, 5) is 26.7. The van der Waals surface area contributed by atoms with Crippen LogP contribution in [0.4, 0.5) is 4.39 Å². The predicted octanol–water partition coefficient (Wildman–Crippen LogP) is 3.23. The predicted molar refractivity (Wildman–Crippen MR) is 100.0 cm³/mol. The molecule has 0 spiro atoms. The summed E-state index contributed by atoms with van der Waals surface area (Å²) in [5, 5.41) is 2.75. The number of likely N-dealkylation sites (N-methyl/N-ethyl adjacent to an activating group) is 1. The number of nitrogens with zero attached hydrogens (tertiary/aromatic N) is 1. The van der Waals surface area contributed by atoms with E-state index in [1.165, 1.54) is 17.0 Å². The van der Waals surface area contributed by atoms with Crippen molar-refractivity contribution in [3.63, 3.8) is 0 Å². The fraction of sp³-hybridized carbons (Fsp3) is 0.333. The fourth-order valence-electron chi connectivity index (χ4n) is 2.67. The van der Waals surface area contributed by atoms with Gasteiger partial charge in [0.1, 0.15) is 11.9 Å². The van der Waals surface area contributed by atoms with Crippen LogP contribution in [0, 0.1) is 12.7 Å². The van der Waals surface area contributed by atoms with Crippen LogP contribution >= 0.6 is 0 Å². The molecule has 5 heteroatoms. The third kappa shape index (κ3) is 5.41. The van der Waals surface area contributed by atoms with Crippen molar-refractivity contribution in [2.45, 2.75) is 39.8 Å². The maximum atomic E-state index is 13.1. The van der Waals surface area contributed by atoms with Crippen LogP contribution in [-0.4, -0.2) is 29.3 Å². The highest BCUT2D eigenvalue weighted by Crippen LogP contribution is 2.13. The van der Waals surface area contributed by atoms with E-state index >= 15 is 0 Å². The minimum Gasteiger partial charge on any atom is -0.355 e. The van der Waals surface area contributed by atoms with Crippen LogP contribution in [0.15, 0.2) is 48.5 Å². The van der Waals surface area contributed by atoms with E-state index in [9.17, 15) is 14.0 Å². The summed E-state index contributed by atoms with van der Waals surface area (Å²) in [5.41, 5.74) is 2.80. The van der Waals surface area contributed by atoms with Gasteiger partial charge in [-0.2, -0.15) is 0 Å². The lowest BCUT2D eigenvalue weighted by Crippen LogP contribution is -2.48. The van der Waals surface area contributed by atoms with Gasteiger partial charge >= 0.3 is 0 Å². The molecule has 138 valence electrons. The molecule has 0 aromatic heterocycles. The molecule has 0 aliphatic heterocycles. The highest BCUT2D eigenvalue weighted by atomic mass is 19.1. The van der Waals surface area contributed by atoms with Crippen molar-refractivity contribution in [2.75, 3.05) is 6.54 Å². The molecule has 0 saturated heterocycles. The van der Waals surface area contributed by atoms with Crippen molar-refractivity contribution >= 4 is 11.8 Å². The van der Waals surface area contributed by atoms with Crippen molar-refractivity contribution < 1.29 is 14.0 Å². The molecule has 26 heavy (non-hydrogen) atoms. The Balaban J connectivity index is 2.20. The van der Waals surface area contributed by atoms with Gasteiger partial charge in [0.25, 0.3) is 0 Å². The lowest BCUT2D eigenvalue weighted by atomic mass is 10.1. The number of benzene rings is 2. The molecule has 0 heterocycles. The SMILES string of the molecule is CCNC(=O)[C@H](C)N(Cc1ccc(F)cc1)C(=O)Cc1ccc(C)cc1. The van der Waals surface area contributed by atoms with Crippen LogP contribution in [0.5, 0.6) is 0 Å². The zero-order valence-electron chi connectivity index (χ0n) is 15.5. The Morgan fingerprint density at radius 2 is 1.62 bits per heavy atom. The summed E-state index contributed by atoms with van der Waals surface area (Å²) in [6.07, 6.45) is 0.214. The second-order valence-corrected chi connectivity index (χ2v) is 6.38. The number of halogens is 1. The fourth-order valence-corrected chi connectivity index (χ4v) is 2.67. The number of hydrogen-bond acceptors (Lipinski definition) is 2. The first-order chi connectivity index (χ1) is 12.4. The lowest BCUT2D eigenvalue weighted by molar-refractivity contribution is -0.140. The average molecular weight is 356 g/mol. The Hall–Kier alpha value is -2.69. The average Bonchev–Trinajstić information content (AvgIpc) is 2.62. The Morgan fingerprint density at radius 3 is 2.19 bits per heavy atom. The van der Waals surface area contributed by atoms with Gasteiger partial charge in [-0.1, -0.05) is 42.0 Å². The zero-order chi connectivity index (χ0) is 19.1. The number of rotatable bonds is 7. The van der Waals surface area contributed by atoms with Gasteiger partial charge in [0.05, 0.1) is 6.42 Å². The number of carbonyl (C=O) groups is 2. The van der Waals surface area contributed by atoms with E-state index < -0.39 is 6.04 Å². The first-order valence-corrected chi connectivity index (χ1v) is 8.78. The Kier molecular flexibility index (Phi) is 6.89. The van der Waals surface area contributed by atoms with Crippen molar-refractivity contribution in [1.29, 1.82) is 0 Å². The van der Waals surface area contributed by atoms with Crippen molar-refractivity contribution in [2.24, 2.45) is 0 Å². The van der Waals surface area contributed by atoms with Crippen LogP contribution in [0.2, 0.25) is 0 Å². The minimum absolute atomic E-state index is 0.142. The summed E-state index contributed by atoms with van der Waals surface area (Å²) in [6, 6.07) is 13.1. The third-order valence-corrected chi connectivity index (χ3v) is 4.26. The van der Waals surface area contributed by atoms with Gasteiger partial charge in [-0.3, -0.25) is 9.59 Å². The number of carbonyl (C=O) groups excluding carboxylic acids is 2. The Labute approximate surface area is 154 Å². The summed E-state index contributed by atoms with van der Waals surface area (Å²) >= 11 is 0. The van der Waals surface area contributed by atoms with Crippen molar-refractivity contribution in [1.82, 2.24) is 10.2 Å². The van der Waals surface area contributed by atoms with Crippen molar-refractivity contribution in [3.05, 3.63) is 71.0 Å².